The third kappa shape index (κ3) is 3.52. The van der Waals surface area contributed by atoms with Crippen LogP contribution in [0.2, 0.25) is 0 Å². The molecule has 0 aromatic carbocycles. The van der Waals surface area contributed by atoms with E-state index in [1.165, 1.54) is 12.3 Å². The van der Waals surface area contributed by atoms with Crippen molar-refractivity contribution in [3.05, 3.63) is 47.9 Å². The fourth-order valence-electron chi connectivity index (χ4n) is 1.55. The van der Waals surface area contributed by atoms with Crippen LogP contribution in [0.4, 0.5) is 5.82 Å². The predicted octanol–water partition coefficient (Wildman–Crippen LogP) is 1.31. The highest BCUT2D eigenvalue weighted by Crippen LogP contribution is 2.10. The second kappa shape index (κ2) is 5.98. The summed E-state index contributed by atoms with van der Waals surface area (Å²) < 4.78 is 26.7. The van der Waals surface area contributed by atoms with Gasteiger partial charge in [0.15, 0.2) is 0 Å². The van der Waals surface area contributed by atoms with Crippen LogP contribution in [0.1, 0.15) is 11.3 Å². The number of hydrogen-bond donors (Lipinski definition) is 2. The summed E-state index contributed by atoms with van der Waals surface area (Å²) in [5.41, 5.74) is 1.70. The lowest BCUT2D eigenvalue weighted by Gasteiger charge is -2.07. The van der Waals surface area contributed by atoms with Crippen LogP contribution in [0, 0.1) is 6.92 Å². The maximum absolute atomic E-state index is 12.1. The van der Waals surface area contributed by atoms with E-state index in [1.54, 1.807) is 19.3 Å². The molecule has 2 rings (SSSR count). The van der Waals surface area contributed by atoms with Crippen LogP contribution in [-0.4, -0.2) is 25.4 Å². The molecule has 0 saturated heterocycles. The Balaban J connectivity index is 2.08. The highest BCUT2D eigenvalue weighted by atomic mass is 32.2. The van der Waals surface area contributed by atoms with Crippen LogP contribution in [-0.2, 0) is 16.6 Å². The van der Waals surface area contributed by atoms with Gasteiger partial charge in [-0.05, 0) is 30.7 Å². The third-order valence-electron chi connectivity index (χ3n) is 2.74. The molecule has 7 heteroatoms. The van der Waals surface area contributed by atoms with Crippen molar-refractivity contribution >= 4 is 15.8 Å². The topological polar surface area (TPSA) is 84.0 Å². The zero-order chi connectivity index (χ0) is 14.6. The van der Waals surface area contributed by atoms with Gasteiger partial charge in [0, 0.05) is 31.7 Å². The molecule has 0 radical (unpaired) electrons. The van der Waals surface area contributed by atoms with Gasteiger partial charge in [-0.25, -0.2) is 18.1 Å². The van der Waals surface area contributed by atoms with E-state index in [1.807, 2.05) is 19.1 Å². The van der Waals surface area contributed by atoms with Gasteiger partial charge >= 0.3 is 0 Å². The van der Waals surface area contributed by atoms with Crippen LogP contribution in [0.15, 0.2) is 41.6 Å². The Bertz CT molecular complexity index is 667. The third-order valence-corrected chi connectivity index (χ3v) is 4.13. The number of rotatable bonds is 5. The fourth-order valence-corrected chi connectivity index (χ4v) is 2.51. The van der Waals surface area contributed by atoms with Gasteiger partial charge in [0.2, 0.25) is 10.0 Å². The van der Waals surface area contributed by atoms with Crippen LogP contribution in [0.3, 0.4) is 0 Å². The minimum absolute atomic E-state index is 0.136. The van der Waals surface area contributed by atoms with E-state index >= 15 is 0 Å². The molecule has 0 aliphatic rings. The van der Waals surface area contributed by atoms with Crippen molar-refractivity contribution < 1.29 is 8.42 Å². The van der Waals surface area contributed by atoms with Gasteiger partial charge in [-0.1, -0.05) is 6.07 Å². The summed E-state index contributed by atoms with van der Waals surface area (Å²) in [6.45, 7) is 2.08. The van der Waals surface area contributed by atoms with Gasteiger partial charge in [-0.2, -0.15) is 0 Å². The lowest BCUT2D eigenvalue weighted by Crippen LogP contribution is -2.23. The van der Waals surface area contributed by atoms with Crippen molar-refractivity contribution in [1.82, 2.24) is 14.7 Å². The van der Waals surface area contributed by atoms with E-state index in [4.69, 9.17) is 0 Å². The number of pyridine rings is 2. The summed E-state index contributed by atoms with van der Waals surface area (Å²) in [6, 6.07) is 6.80. The maximum atomic E-state index is 12.1. The summed E-state index contributed by atoms with van der Waals surface area (Å²) >= 11 is 0. The van der Waals surface area contributed by atoms with Crippen LogP contribution >= 0.6 is 0 Å². The summed E-state index contributed by atoms with van der Waals surface area (Å²) in [5.74, 6) is 0.617. The van der Waals surface area contributed by atoms with E-state index < -0.39 is 10.0 Å². The molecule has 20 heavy (non-hydrogen) atoms. The highest BCUT2D eigenvalue weighted by molar-refractivity contribution is 7.89. The lowest BCUT2D eigenvalue weighted by atomic mass is 10.2. The Morgan fingerprint density at radius 1 is 1.10 bits per heavy atom. The molecule has 0 unspecified atom stereocenters. The van der Waals surface area contributed by atoms with Crippen LogP contribution < -0.4 is 10.0 Å². The standard InChI is InChI=1S/C13H16N4O2S/c1-10-3-4-11(7-15-10)8-17-20(18,19)12-5-6-13(14-2)16-9-12/h3-7,9,17H,8H2,1-2H3,(H,14,16). The largest absolute Gasteiger partial charge is 0.373 e. The van der Waals surface area contributed by atoms with Crippen molar-refractivity contribution in [2.24, 2.45) is 0 Å². The number of aryl methyl sites for hydroxylation is 1. The van der Waals surface area contributed by atoms with Crippen molar-refractivity contribution in [3.63, 3.8) is 0 Å². The summed E-state index contributed by atoms with van der Waals surface area (Å²) in [4.78, 5) is 8.24. The van der Waals surface area contributed by atoms with Crippen LogP contribution in [0.5, 0.6) is 0 Å². The Labute approximate surface area is 118 Å². The molecule has 2 N–H and O–H groups in total. The normalized spacial score (nSPS) is 11.3. The van der Waals surface area contributed by atoms with Gasteiger partial charge in [-0.3, -0.25) is 4.98 Å². The molecule has 2 heterocycles. The number of anilines is 1. The number of hydrogen-bond acceptors (Lipinski definition) is 5. The van der Waals surface area contributed by atoms with Gasteiger partial charge < -0.3 is 5.32 Å². The van der Waals surface area contributed by atoms with E-state index in [0.29, 0.717) is 5.82 Å². The van der Waals surface area contributed by atoms with Crippen molar-refractivity contribution in [1.29, 1.82) is 0 Å². The molecule has 2 aromatic heterocycles. The number of nitrogens with zero attached hydrogens (tertiary/aromatic N) is 2. The number of aromatic nitrogens is 2. The van der Waals surface area contributed by atoms with Crippen molar-refractivity contribution in [3.8, 4) is 0 Å². The lowest BCUT2D eigenvalue weighted by molar-refractivity contribution is 0.581. The first-order chi connectivity index (χ1) is 9.51. The molecule has 0 saturated carbocycles. The first-order valence-corrected chi connectivity index (χ1v) is 7.54. The van der Waals surface area contributed by atoms with E-state index in [2.05, 4.69) is 20.0 Å². The molecular weight excluding hydrogens is 276 g/mol. The van der Waals surface area contributed by atoms with Gasteiger partial charge in [0.25, 0.3) is 0 Å². The average molecular weight is 292 g/mol. The van der Waals surface area contributed by atoms with E-state index in [9.17, 15) is 8.42 Å². The van der Waals surface area contributed by atoms with Gasteiger partial charge in [0.1, 0.15) is 10.7 Å². The Kier molecular flexibility index (Phi) is 4.31. The molecule has 0 aliphatic carbocycles. The molecule has 0 bridgehead atoms. The van der Waals surface area contributed by atoms with E-state index in [-0.39, 0.29) is 11.4 Å². The smallest absolute Gasteiger partial charge is 0.242 e. The molecule has 0 spiro atoms. The second-order valence-corrected chi connectivity index (χ2v) is 6.03. The molecule has 6 nitrogen and oxygen atoms in total. The number of sulfonamides is 1. The molecule has 0 fully saturated rings. The minimum Gasteiger partial charge on any atom is -0.373 e. The fraction of sp³-hybridized carbons (Fsp3) is 0.231. The number of nitrogens with one attached hydrogen (secondary N) is 2. The molecular formula is C13H16N4O2S. The highest BCUT2D eigenvalue weighted by Gasteiger charge is 2.14. The SMILES string of the molecule is CNc1ccc(S(=O)(=O)NCc2ccc(C)nc2)cn1. The monoisotopic (exact) mass is 292 g/mol. The molecule has 0 aliphatic heterocycles. The quantitative estimate of drug-likeness (QED) is 0.868. The van der Waals surface area contributed by atoms with Crippen LogP contribution in [0.25, 0.3) is 0 Å². The second-order valence-electron chi connectivity index (χ2n) is 4.26. The van der Waals surface area contributed by atoms with Gasteiger partial charge in [0.05, 0.1) is 0 Å². The minimum atomic E-state index is -3.56. The Hall–Kier alpha value is -1.99. The molecule has 0 amide bonds. The first kappa shape index (κ1) is 14.4. The summed E-state index contributed by atoms with van der Waals surface area (Å²) in [5, 5.41) is 2.83. The Morgan fingerprint density at radius 3 is 2.45 bits per heavy atom. The summed E-state index contributed by atoms with van der Waals surface area (Å²) in [6.07, 6.45) is 2.97. The van der Waals surface area contributed by atoms with Crippen molar-refractivity contribution in [2.75, 3.05) is 12.4 Å². The molecule has 2 aromatic rings. The van der Waals surface area contributed by atoms with E-state index in [0.717, 1.165) is 11.3 Å². The maximum Gasteiger partial charge on any atom is 0.242 e. The van der Waals surface area contributed by atoms with Crippen molar-refractivity contribution in [2.45, 2.75) is 18.4 Å². The zero-order valence-electron chi connectivity index (χ0n) is 11.3. The molecule has 0 atom stereocenters. The zero-order valence-corrected chi connectivity index (χ0v) is 12.1. The first-order valence-electron chi connectivity index (χ1n) is 6.06. The average Bonchev–Trinajstić information content (AvgIpc) is 2.47. The Morgan fingerprint density at radius 2 is 1.90 bits per heavy atom. The molecule has 106 valence electrons. The predicted molar refractivity (Wildman–Crippen MR) is 76.8 cm³/mol. The summed E-state index contributed by atoms with van der Waals surface area (Å²) in [7, 11) is -1.84. The van der Waals surface area contributed by atoms with Gasteiger partial charge in [-0.15, -0.1) is 0 Å².